The molecule has 0 aromatic rings. The molecule has 0 radical (unpaired) electrons. The second-order valence-corrected chi connectivity index (χ2v) is 1.54. The third-order valence-corrected chi connectivity index (χ3v) is 0. The van der Waals surface area contributed by atoms with Gasteiger partial charge in [-0.2, -0.15) is 0 Å². The Morgan fingerprint density at radius 2 is 0.151 bits per heavy atom. The predicted octanol–water partition coefficient (Wildman–Crippen LogP) is -7.32. The first-order valence-electron chi connectivity index (χ1n) is 0.783. The average Bonchev–Trinajstić information content (AvgIpc) is 0.722. The van der Waals surface area contributed by atoms with E-state index < -0.39 is 7.82 Å². The second-order valence-electron chi connectivity index (χ2n) is 0.513. The van der Waals surface area contributed by atoms with Crippen LogP contribution in [0.1, 0.15) is 0 Å². The fraction of sp³-hybridized carbons (Fsp3) is 0. The molecule has 0 heterocycles. The molecular weight excluding hydrogens is 1820 g/mol. The summed E-state index contributed by atoms with van der Waals surface area (Å²) in [5.74, 6) is 0. The summed E-state index contributed by atoms with van der Waals surface area (Å²) in [5.41, 5.74) is 0. The van der Waals surface area contributed by atoms with Gasteiger partial charge >= 0.3 is 7.82 Å². The summed E-state index contributed by atoms with van der Waals surface area (Å²) in [4.78, 5) is 21.6. The van der Waals surface area contributed by atoms with Gasteiger partial charge in [0, 0.05) is 253 Å². The van der Waals surface area contributed by atoms with Gasteiger partial charge in [-0.25, -0.2) is 4.57 Å². The number of rotatable bonds is 0. The molecule has 0 saturated heterocycles. The van der Waals surface area contributed by atoms with E-state index in [2.05, 4.69) is 0 Å². The first kappa shape index (κ1) is 1740. The van der Waals surface area contributed by atoms with Crippen molar-refractivity contribution in [1.29, 1.82) is 0 Å². The summed E-state index contributed by atoms with van der Waals surface area (Å²) >= 11 is 0. The number of hydrogen-bond acceptors (Lipinski definition) is 37. The van der Waals surface area contributed by atoms with Gasteiger partial charge in [0.1, 0.15) is 0 Å². The molecular formula is H39Mo12O40P-36. The van der Waals surface area contributed by atoms with Crippen molar-refractivity contribution >= 4 is 7.82 Å². The molecule has 53 heteroatoms. The Hall–Kier alpha value is 6.93. The molecule has 40 nitrogen and oxygen atoms in total. The second kappa shape index (κ2) is 1180. The standard InChI is InChI=1S/12Mo.H3O4P.36H2O/c;;;;;;;;;;;;1-5(2,3)4;;;;;;;;;;;;;;;;;;;;;;;;;;;;;;;;;;;;/h;;;;;;;;;;;;(H3,1,2,3,4);36*1H2/p-36. The number of phosphoric acid groups is 1. The molecule has 0 unspecified atom stereocenters. The van der Waals surface area contributed by atoms with Crippen LogP contribution in [0.5, 0.6) is 0 Å². The van der Waals surface area contributed by atoms with Crippen LogP contribution in [0.15, 0.2) is 0 Å². The molecule has 0 aliphatic carbocycles. The maximum Gasteiger partial charge on any atom is 0.466 e. The molecule has 0 aliphatic rings. The Labute approximate surface area is 470 Å². The van der Waals surface area contributed by atoms with Gasteiger partial charge < -0.3 is 212 Å². The molecule has 0 aromatic carbocycles. The monoisotopic (exact) mass is 1880 g/mol. The topological polar surface area (TPSA) is 1160 Å². The van der Waals surface area contributed by atoms with E-state index in [1.54, 1.807) is 0 Å². The van der Waals surface area contributed by atoms with Gasteiger partial charge in [-0.05, 0) is 0 Å². The zero-order valence-electron chi connectivity index (χ0n) is 23.2. The van der Waals surface area contributed by atoms with Crippen LogP contribution in [0.4, 0.5) is 0 Å². The summed E-state index contributed by atoms with van der Waals surface area (Å²) < 4.78 is 8.88. The van der Waals surface area contributed by atoms with Gasteiger partial charge in [0.25, 0.3) is 0 Å². The van der Waals surface area contributed by atoms with Crippen LogP contribution in [-0.2, 0) is 257 Å². The van der Waals surface area contributed by atoms with Crippen LogP contribution in [-0.4, -0.2) is 212 Å². The van der Waals surface area contributed by atoms with Gasteiger partial charge in [0.2, 0.25) is 0 Å². The van der Waals surface area contributed by atoms with E-state index in [0.717, 1.165) is 0 Å². The van der Waals surface area contributed by atoms with Crippen LogP contribution in [0, 0.1) is 0 Å². The molecule has 0 fully saturated rings. The van der Waals surface area contributed by atoms with Gasteiger partial charge in [0.15, 0.2) is 0 Å². The van der Waals surface area contributed by atoms with E-state index in [4.69, 9.17) is 19.2 Å². The molecule has 53 heavy (non-hydrogen) atoms. The van der Waals surface area contributed by atoms with Crippen molar-refractivity contribution in [3.63, 3.8) is 0 Å². The van der Waals surface area contributed by atoms with Crippen LogP contribution in [0.25, 0.3) is 0 Å². The fourth-order valence-electron chi connectivity index (χ4n) is 0. The first-order valence-corrected chi connectivity index (χ1v) is 2.35. The number of hydrogen-bond donors (Lipinski definition) is 3. The van der Waals surface area contributed by atoms with Crippen molar-refractivity contribution in [3.8, 4) is 0 Å². The van der Waals surface area contributed by atoms with Crippen molar-refractivity contribution in [2.75, 3.05) is 0 Å². The van der Waals surface area contributed by atoms with Gasteiger partial charge in [-0.1, -0.05) is 0 Å². The fourth-order valence-corrected chi connectivity index (χ4v) is 0. The zero-order valence-corrected chi connectivity index (χ0v) is 48.2. The average molecular weight is 1860 g/mol. The van der Waals surface area contributed by atoms with Crippen LogP contribution >= 0.6 is 7.82 Å². The molecule has 0 amide bonds. The van der Waals surface area contributed by atoms with E-state index in [-0.39, 0.29) is 450 Å². The van der Waals surface area contributed by atoms with Crippen LogP contribution in [0.2, 0.25) is 0 Å². The van der Waals surface area contributed by atoms with E-state index in [0.29, 0.717) is 0 Å². The maximum absolute atomic E-state index is 8.88. The molecule has 39 N–H and O–H groups in total. The van der Waals surface area contributed by atoms with Crippen molar-refractivity contribution in [1.82, 2.24) is 0 Å². The van der Waals surface area contributed by atoms with Crippen molar-refractivity contribution in [3.05, 3.63) is 0 Å². The molecule has 0 atom stereocenters. The molecule has 0 rings (SSSR count). The third kappa shape index (κ3) is 3980. The summed E-state index contributed by atoms with van der Waals surface area (Å²) in [5, 5.41) is 0. The normalized spacial score (nSPS) is 1.11. The van der Waals surface area contributed by atoms with Gasteiger partial charge in [0.05, 0.1) is 0 Å². The molecule has 0 aromatic heterocycles. The van der Waals surface area contributed by atoms with Crippen molar-refractivity contribution in [2.24, 2.45) is 0 Å². The van der Waals surface area contributed by atoms with Gasteiger partial charge in [-0.3, -0.25) is 0 Å². The Bertz CT molecular complexity index is 93.9. The van der Waals surface area contributed by atoms with Crippen LogP contribution < -0.4 is 0 Å². The predicted molar refractivity (Wildman–Crippen MR) is 84.0 cm³/mol. The summed E-state index contributed by atoms with van der Waals surface area (Å²) in [7, 11) is -4.64. The molecule has 0 saturated carbocycles. The Balaban J connectivity index is -0.0000000000709. The van der Waals surface area contributed by atoms with E-state index in [1.165, 1.54) is 0 Å². The van der Waals surface area contributed by atoms with E-state index in [1.807, 2.05) is 0 Å². The third-order valence-electron chi connectivity index (χ3n) is 0. The van der Waals surface area contributed by atoms with Gasteiger partial charge in [-0.15, -0.1) is 0 Å². The smallest absolute Gasteiger partial charge is 0.466 e. The Morgan fingerprint density at radius 3 is 0.151 bits per heavy atom. The minimum atomic E-state index is -4.64. The molecule has 0 spiro atoms. The SMILES string of the molecule is O=P(O)(O)O.[Mo].[Mo].[Mo].[Mo].[Mo].[Mo].[Mo].[Mo].[Mo].[Mo].[Mo].[Mo].[OH-].[OH-].[OH-].[OH-].[OH-].[OH-].[OH-].[OH-].[OH-].[OH-].[OH-].[OH-].[OH-].[OH-].[OH-].[OH-].[OH-].[OH-].[OH-].[OH-].[OH-].[OH-].[OH-].[OH-].[OH-].[OH-].[OH-].[OH-].[OH-].[OH-].[OH-].[OH-].[OH-].[OH-].[OH-].[OH-]. The molecule has 0 bridgehead atoms. The summed E-state index contributed by atoms with van der Waals surface area (Å²) in [6.07, 6.45) is 0. The van der Waals surface area contributed by atoms with Crippen molar-refractivity contribution < 1.29 is 469 Å². The van der Waals surface area contributed by atoms with E-state index in [9.17, 15) is 0 Å². The Morgan fingerprint density at radius 1 is 0.151 bits per heavy atom. The van der Waals surface area contributed by atoms with E-state index >= 15 is 0 Å². The molecule has 392 valence electrons. The minimum absolute atomic E-state index is 0. The van der Waals surface area contributed by atoms with Crippen LogP contribution in [0.3, 0.4) is 0 Å². The largest absolute Gasteiger partial charge is 0.870 e. The molecule has 0 aliphatic heterocycles. The first-order chi connectivity index (χ1) is 2.00. The van der Waals surface area contributed by atoms with Crippen molar-refractivity contribution in [2.45, 2.75) is 0 Å². The minimum Gasteiger partial charge on any atom is -0.870 e. The maximum atomic E-state index is 8.88. The Kier molecular flexibility index (Phi) is 38900. The summed E-state index contributed by atoms with van der Waals surface area (Å²) in [6.45, 7) is 0. The summed E-state index contributed by atoms with van der Waals surface area (Å²) in [6, 6.07) is 0. The zero-order chi connectivity index (χ0) is 4.50. The quantitative estimate of drug-likeness (QED) is 0.150.